The zero-order chi connectivity index (χ0) is 18.8. The molecule has 1 aliphatic heterocycles. The lowest BCUT2D eigenvalue weighted by molar-refractivity contribution is 0.0559. The molecule has 0 spiro atoms. The zero-order valence-electron chi connectivity index (χ0n) is 15.9. The van der Waals surface area contributed by atoms with Crippen LogP contribution in [-0.4, -0.2) is 43.2 Å². The van der Waals surface area contributed by atoms with Gasteiger partial charge in [-0.1, -0.05) is 5.21 Å². The molecule has 5 rings (SSSR count). The van der Waals surface area contributed by atoms with E-state index >= 15 is 0 Å². The molecule has 7 nitrogen and oxygen atoms in total. The number of β-amino-alcohol motifs (C(OH)–C–C–N with tert-alkyl or cyclic N) is 1. The second-order valence-electron chi connectivity index (χ2n) is 8.01. The van der Waals surface area contributed by atoms with Gasteiger partial charge >= 0.3 is 0 Å². The van der Waals surface area contributed by atoms with Gasteiger partial charge in [-0.25, -0.2) is 14.6 Å². The SMILES string of the molecule is Cc1nc(N2CCC(O)(c3cn(C(C)C)nn3)C2)c2c3c(sc2n1)CCC3. The molecule has 1 fully saturated rings. The Balaban J connectivity index is 1.53. The van der Waals surface area contributed by atoms with Gasteiger partial charge in [0.15, 0.2) is 0 Å². The number of aromatic nitrogens is 5. The van der Waals surface area contributed by atoms with Crippen LogP contribution in [0.3, 0.4) is 0 Å². The lowest BCUT2D eigenvalue weighted by Gasteiger charge is -2.22. The molecule has 142 valence electrons. The van der Waals surface area contributed by atoms with Gasteiger partial charge in [-0.15, -0.1) is 16.4 Å². The van der Waals surface area contributed by atoms with Crippen LogP contribution in [0.25, 0.3) is 10.2 Å². The maximum atomic E-state index is 11.3. The molecule has 1 aliphatic carbocycles. The van der Waals surface area contributed by atoms with Crippen LogP contribution in [0.2, 0.25) is 0 Å². The fourth-order valence-electron chi connectivity index (χ4n) is 4.24. The Bertz CT molecular complexity index is 1020. The second kappa shape index (κ2) is 5.97. The summed E-state index contributed by atoms with van der Waals surface area (Å²) >= 11 is 1.81. The Morgan fingerprint density at radius 3 is 2.89 bits per heavy atom. The number of hydrogen-bond donors (Lipinski definition) is 1. The van der Waals surface area contributed by atoms with Gasteiger partial charge in [0.2, 0.25) is 0 Å². The first kappa shape index (κ1) is 17.1. The highest BCUT2D eigenvalue weighted by Gasteiger charge is 2.41. The molecule has 0 radical (unpaired) electrons. The normalized spacial score (nSPS) is 22.3. The summed E-state index contributed by atoms with van der Waals surface area (Å²) in [6, 6.07) is 0.227. The standard InChI is InChI=1S/C19H24N6OS/c1-11(2)25-9-15(22-23-25)19(26)7-8-24(10-19)17-16-13-5-4-6-14(13)27-18(16)21-12(3)20-17/h9,11,26H,4-8,10H2,1-3H3. The summed E-state index contributed by atoms with van der Waals surface area (Å²) in [5, 5.41) is 20.9. The van der Waals surface area contributed by atoms with E-state index in [2.05, 4.69) is 34.0 Å². The highest BCUT2D eigenvalue weighted by molar-refractivity contribution is 7.19. The molecule has 27 heavy (non-hydrogen) atoms. The molecule has 1 atom stereocenters. The summed E-state index contributed by atoms with van der Waals surface area (Å²) < 4.78 is 1.80. The fraction of sp³-hybridized carbons (Fsp3) is 0.579. The molecular weight excluding hydrogens is 360 g/mol. The van der Waals surface area contributed by atoms with Gasteiger partial charge in [0.25, 0.3) is 0 Å². The molecule has 1 N–H and O–H groups in total. The van der Waals surface area contributed by atoms with Crippen LogP contribution in [0.5, 0.6) is 0 Å². The van der Waals surface area contributed by atoms with Gasteiger partial charge in [-0.3, -0.25) is 0 Å². The third-order valence-corrected chi connectivity index (χ3v) is 6.91. The number of aryl methyl sites for hydroxylation is 3. The van der Waals surface area contributed by atoms with Crippen LogP contribution in [0, 0.1) is 6.92 Å². The maximum Gasteiger partial charge on any atom is 0.141 e. The predicted molar refractivity (Wildman–Crippen MR) is 105 cm³/mol. The lowest BCUT2D eigenvalue weighted by Crippen LogP contribution is -2.31. The van der Waals surface area contributed by atoms with Gasteiger partial charge in [0.05, 0.1) is 18.1 Å². The minimum Gasteiger partial charge on any atom is -0.381 e. The Morgan fingerprint density at radius 1 is 1.26 bits per heavy atom. The molecule has 1 saturated heterocycles. The van der Waals surface area contributed by atoms with Crippen LogP contribution in [0.1, 0.15) is 54.7 Å². The molecule has 2 aliphatic rings. The summed E-state index contributed by atoms with van der Waals surface area (Å²) in [5.74, 6) is 1.77. The Hall–Kier alpha value is -2.06. The number of aliphatic hydroxyl groups is 1. The Labute approximate surface area is 162 Å². The zero-order valence-corrected chi connectivity index (χ0v) is 16.8. The molecule has 3 aromatic rings. The van der Waals surface area contributed by atoms with Gasteiger partial charge < -0.3 is 10.0 Å². The van der Waals surface area contributed by atoms with Crippen molar-refractivity contribution >= 4 is 27.4 Å². The van der Waals surface area contributed by atoms with Crippen LogP contribution >= 0.6 is 11.3 Å². The number of fused-ring (bicyclic) bond motifs is 3. The molecule has 0 saturated carbocycles. The second-order valence-corrected chi connectivity index (χ2v) is 9.10. The number of thiophene rings is 1. The predicted octanol–water partition coefficient (Wildman–Crippen LogP) is 2.76. The van der Waals surface area contributed by atoms with Crippen molar-refractivity contribution in [1.29, 1.82) is 0 Å². The summed E-state index contributed by atoms with van der Waals surface area (Å²) in [5.41, 5.74) is 1.08. The minimum absolute atomic E-state index is 0.227. The molecule has 1 unspecified atom stereocenters. The number of rotatable bonds is 3. The molecule has 0 amide bonds. The molecular formula is C19H24N6OS. The van der Waals surface area contributed by atoms with Gasteiger partial charge in [-0.05, 0) is 45.6 Å². The first-order chi connectivity index (χ1) is 12.9. The van der Waals surface area contributed by atoms with E-state index in [0.29, 0.717) is 18.7 Å². The number of hydrogen-bond acceptors (Lipinski definition) is 7. The van der Waals surface area contributed by atoms with Crippen molar-refractivity contribution in [1.82, 2.24) is 25.0 Å². The van der Waals surface area contributed by atoms with Crippen molar-refractivity contribution in [3.63, 3.8) is 0 Å². The van der Waals surface area contributed by atoms with Crippen molar-refractivity contribution in [3.8, 4) is 0 Å². The average Bonchev–Trinajstić information content (AvgIpc) is 3.36. The third kappa shape index (κ3) is 2.65. The van der Waals surface area contributed by atoms with Crippen LogP contribution in [0.4, 0.5) is 5.82 Å². The van der Waals surface area contributed by atoms with E-state index in [0.717, 1.165) is 35.9 Å². The number of nitrogens with zero attached hydrogens (tertiary/aromatic N) is 6. The highest BCUT2D eigenvalue weighted by Crippen LogP contribution is 2.42. The van der Waals surface area contributed by atoms with Crippen molar-refractivity contribution < 1.29 is 5.11 Å². The Kier molecular flexibility index (Phi) is 3.77. The van der Waals surface area contributed by atoms with Crippen LogP contribution < -0.4 is 4.90 Å². The molecule has 0 aromatic carbocycles. The first-order valence-corrected chi connectivity index (χ1v) is 10.4. The van der Waals surface area contributed by atoms with E-state index in [4.69, 9.17) is 4.98 Å². The number of anilines is 1. The third-order valence-electron chi connectivity index (χ3n) is 5.72. The van der Waals surface area contributed by atoms with Crippen molar-refractivity contribution in [3.05, 3.63) is 28.2 Å². The van der Waals surface area contributed by atoms with Crippen molar-refractivity contribution in [2.75, 3.05) is 18.0 Å². The van der Waals surface area contributed by atoms with Crippen LogP contribution in [-0.2, 0) is 18.4 Å². The maximum absolute atomic E-state index is 11.3. The minimum atomic E-state index is -0.989. The van der Waals surface area contributed by atoms with Crippen molar-refractivity contribution in [2.45, 2.75) is 58.1 Å². The smallest absolute Gasteiger partial charge is 0.141 e. The van der Waals surface area contributed by atoms with E-state index < -0.39 is 5.60 Å². The van der Waals surface area contributed by atoms with E-state index in [9.17, 15) is 5.11 Å². The largest absolute Gasteiger partial charge is 0.381 e. The van der Waals surface area contributed by atoms with Gasteiger partial charge in [0.1, 0.15) is 27.8 Å². The first-order valence-electron chi connectivity index (χ1n) is 9.63. The summed E-state index contributed by atoms with van der Waals surface area (Å²) in [6.07, 6.45) is 5.97. The van der Waals surface area contributed by atoms with E-state index in [1.807, 2.05) is 24.5 Å². The Morgan fingerprint density at radius 2 is 2.11 bits per heavy atom. The monoisotopic (exact) mass is 384 g/mol. The topological polar surface area (TPSA) is 80.0 Å². The quantitative estimate of drug-likeness (QED) is 0.748. The molecule has 4 heterocycles. The molecule has 3 aromatic heterocycles. The molecule has 0 bridgehead atoms. The fourth-order valence-corrected chi connectivity index (χ4v) is 5.54. The van der Waals surface area contributed by atoms with Crippen LogP contribution in [0.15, 0.2) is 6.20 Å². The van der Waals surface area contributed by atoms with Gasteiger partial charge in [0, 0.05) is 23.9 Å². The van der Waals surface area contributed by atoms with E-state index in [1.165, 1.54) is 22.2 Å². The van der Waals surface area contributed by atoms with Crippen molar-refractivity contribution in [2.24, 2.45) is 0 Å². The molecule has 8 heteroatoms. The summed E-state index contributed by atoms with van der Waals surface area (Å²) in [4.78, 5) is 14.2. The summed E-state index contributed by atoms with van der Waals surface area (Å²) in [6.45, 7) is 7.30. The summed E-state index contributed by atoms with van der Waals surface area (Å²) in [7, 11) is 0. The van der Waals surface area contributed by atoms with Gasteiger partial charge in [-0.2, -0.15) is 0 Å². The highest BCUT2D eigenvalue weighted by atomic mass is 32.1. The average molecular weight is 385 g/mol. The van der Waals surface area contributed by atoms with E-state index in [1.54, 1.807) is 4.68 Å². The van der Waals surface area contributed by atoms with E-state index in [-0.39, 0.29) is 6.04 Å². The lowest BCUT2D eigenvalue weighted by atomic mass is 10.00.